The summed E-state index contributed by atoms with van der Waals surface area (Å²) in [6.45, 7) is 14.6. The summed E-state index contributed by atoms with van der Waals surface area (Å²) in [6.07, 6.45) is 15.2. The molecule has 6 atom stereocenters. The van der Waals surface area contributed by atoms with Crippen molar-refractivity contribution < 1.29 is 19.4 Å². The Balaban J connectivity index is 1.94. The van der Waals surface area contributed by atoms with Crippen LogP contribution < -0.4 is 0 Å². The summed E-state index contributed by atoms with van der Waals surface area (Å²) in [6, 6.07) is 0. The summed E-state index contributed by atoms with van der Waals surface area (Å²) in [7, 11) is 1.41. The predicted molar refractivity (Wildman–Crippen MR) is 142 cm³/mol. The van der Waals surface area contributed by atoms with E-state index in [1.165, 1.54) is 12.7 Å². The van der Waals surface area contributed by atoms with Gasteiger partial charge in [-0.2, -0.15) is 0 Å². The second-order valence-corrected chi connectivity index (χ2v) is 12.0. The lowest BCUT2D eigenvalue weighted by molar-refractivity contribution is -0.196. The van der Waals surface area contributed by atoms with E-state index < -0.39 is 11.5 Å². The van der Waals surface area contributed by atoms with E-state index in [4.69, 9.17) is 4.74 Å². The molecule has 3 aliphatic rings. The van der Waals surface area contributed by atoms with Crippen molar-refractivity contribution in [1.29, 1.82) is 0 Å². The van der Waals surface area contributed by atoms with Gasteiger partial charge < -0.3 is 9.84 Å². The monoisotopic (exact) mass is 480 g/mol. The minimum absolute atomic E-state index is 0.00884. The summed E-state index contributed by atoms with van der Waals surface area (Å²) in [5.74, 6) is 0.0481. The fourth-order valence-corrected chi connectivity index (χ4v) is 7.64. The van der Waals surface area contributed by atoms with Crippen LogP contribution in [0.1, 0.15) is 80.6 Å². The lowest BCUT2D eigenvalue weighted by Crippen LogP contribution is -2.61. The molecule has 0 aliphatic heterocycles. The van der Waals surface area contributed by atoms with Gasteiger partial charge in [0.05, 0.1) is 18.6 Å². The van der Waals surface area contributed by atoms with Crippen LogP contribution in [0, 0.1) is 28.1 Å². The number of ether oxygens (including phenoxy) is 1. The van der Waals surface area contributed by atoms with Gasteiger partial charge >= 0.3 is 5.97 Å². The summed E-state index contributed by atoms with van der Waals surface area (Å²) in [5.41, 5.74) is 3.03. The van der Waals surface area contributed by atoms with Crippen LogP contribution in [0.25, 0.3) is 0 Å². The molecule has 3 aliphatic carbocycles. The quantitative estimate of drug-likeness (QED) is 0.271. The maximum absolute atomic E-state index is 13.5. The van der Waals surface area contributed by atoms with Gasteiger partial charge in [-0.25, -0.2) is 0 Å². The van der Waals surface area contributed by atoms with Gasteiger partial charge in [0.15, 0.2) is 5.78 Å². The molecule has 6 unspecified atom stereocenters. The SMILES string of the molecule is COC(=O)C1(C)C(O)CCC2(C)C3CC(=O)C(=C(C)C=CC=C(C)C=CC=C(C)C)C3(C)CCC21. The number of Topliss-reactive ketones (excluding diaryl/α,β-unsaturated/α-hetero) is 1. The second kappa shape index (κ2) is 10.0. The van der Waals surface area contributed by atoms with Crippen LogP contribution in [-0.4, -0.2) is 30.1 Å². The zero-order valence-corrected chi connectivity index (χ0v) is 22.9. The van der Waals surface area contributed by atoms with Crippen molar-refractivity contribution in [2.45, 2.75) is 86.7 Å². The Morgan fingerprint density at radius 3 is 2.26 bits per heavy atom. The normalized spacial score (nSPS) is 38.9. The molecule has 0 aromatic carbocycles. The van der Waals surface area contributed by atoms with E-state index >= 15 is 0 Å². The maximum atomic E-state index is 13.5. The van der Waals surface area contributed by atoms with Crippen LogP contribution in [-0.2, 0) is 14.3 Å². The molecule has 1 N–H and O–H groups in total. The molecule has 4 heteroatoms. The van der Waals surface area contributed by atoms with Crippen LogP contribution in [0.2, 0.25) is 0 Å². The lowest BCUT2D eigenvalue weighted by atomic mass is 9.42. The van der Waals surface area contributed by atoms with Gasteiger partial charge in [0.25, 0.3) is 0 Å². The van der Waals surface area contributed by atoms with Crippen molar-refractivity contribution >= 4 is 11.8 Å². The number of hydrogen-bond acceptors (Lipinski definition) is 4. The molecule has 3 rings (SSSR count). The highest BCUT2D eigenvalue weighted by atomic mass is 16.5. The molecule has 0 radical (unpaired) electrons. The molecular weight excluding hydrogens is 436 g/mol. The van der Waals surface area contributed by atoms with Gasteiger partial charge in [0.2, 0.25) is 0 Å². The molecule has 4 nitrogen and oxygen atoms in total. The lowest BCUT2D eigenvalue weighted by Gasteiger charge is -2.61. The molecule has 35 heavy (non-hydrogen) atoms. The zero-order valence-electron chi connectivity index (χ0n) is 22.9. The molecular formula is C31H44O4. The van der Waals surface area contributed by atoms with Crippen LogP contribution in [0.3, 0.4) is 0 Å². The van der Waals surface area contributed by atoms with E-state index in [0.717, 1.165) is 36.0 Å². The van der Waals surface area contributed by atoms with E-state index in [2.05, 4.69) is 71.9 Å². The van der Waals surface area contributed by atoms with E-state index in [9.17, 15) is 14.7 Å². The number of hydrogen-bond donors (Lipinski definition) is 1. The molecule has 0 bridgehead atoms. The number of fused-ring (bicyclic) bond motifs is 3. The third kappa shape index (κ3) is 4.67. The highest BCUT2D eigenvalue weighted by Gasteiger charge is 2.67. The van der Waals surface area contributed by atoms with E-state index in [1.807, 2.05) is 13.0 Å². The molecule has 3 fully saturated rings. The first-order chi connectivity index (χ1) is 16.3. The Morgan fingerprint density at radius 2 is 1.63 bits per heavy atom. The first kappa shape index (κ1) is 27.4. The van der Waals surface area contributed by atoms with Gasteiger partial charge in [-0.15, -0.1) is 0 Å². The number of rotatable bonds is 5. The van der Waals surface area contributed by atoms with Crippen molar-refractivity contribution in [3.05, 3.63) is 58.7 Å². The number of carbonyl (C=O) groups is 2. The summed E-state index contributed by atoms with van der Waals surface area (Å²) in [5, 5.41) is 10.9. The minimum atomic E-state index is -0.936. The van der Waals surface area contributed by atoms with Crippen LogP contribution in [0.4, 0.5) is 0 Å². The predicted octanol–water partition coefficient (Wildman–Crippen LogP) is 6.67. The number of aliphatic hydroxyl groups excluding tert-OH is 1. The van der Waals surface area contributed by atoms with Gasteiger partial charge in [-0.3, -0.25) is 9.59 Å². The van der Waals surface area contributed by atoms with Crippen molar-refractivity contribution in [3.8, 4) is 0 Å². The summed E-state index contributed by atoms with van der Waals surface area (Å²) < 4.78 is 5.18. The van der Waals surface area contributed by atoms with Crippen LogP contribution in [0.5, 0.6) is 0 Å². The van der Waals surface area contributed by atoms with Gasteiger partial charge in [-0.05, 0) is 83.1 Å². The minimum Gasteiger partial charge on any atom is -0.469 e. The number of ketones is 1. The standard InChI is InChI=1S/C31H44O4/c1-20(2)11-9-12-21(3)13-10-14-22(4)27-23(32)19-25-29(5)18-16-26(33)31(7,28(34)35-8)24(29)15-17-30(25,27)6/h9-14,24-26,33H,15-19H2,1-8H3. The Morgan fingerprint density at radius 1 is 0.971 bits per heavy atom. The summed E-state index contributed by atoms with van der Waals surface area (Å²) >= 11 is 0. The molecule has 3 saturated carbocycles. The Kier molecular flexibility index (Phi) is 7.86. The molecule has 0 heterocycles. The molecule has 0 saturated heterocycles. The Bertz CT molecular complexity index is 1020. The molecule has 0 amide bonds. The average Bonchev–Trinajstić information content (AvgIpc) is 3.07. The molecule has 0 spiro atoms. The number of methoxy groups -OCH3 is 1. The highest BCUT2D eigenvalue weighted by Crippen LogP contribution is 2.69. The Labute approximate surface area is 211 Å². The maximum Gasteiger partial charge on any atom is 0.314 e. The number of allylic oxidation sites excluding steroid dienone is 10. The molecule has 0 aromatic rings. The number of carbonyl (C=O) groups excluding carboxylic acids is 2. The summed E-state index contributed by atoms with van der Waals surface area (Å²) in [4.78, 5) is 26.4. The zero-order chi connectivity index (χ0) is 26.2. The van der Waals surface area contributed by atoms with Crippen LogP contribution in [0.15, 0.2) is 58.7 Å². The first-order valence-corrected chi connectivity index (χ1v) is 13.0. The number of esters is 1. The topological polar surface area (TPSA) is 63.6 Å². The first-order valence-electron chi connectivity index (χ1n) is 13.0. The highest BCUT2D eigenvalue weighted by molar-refractivity contribution is 6.01. The third-order valence-electron chi connectivity index (χ3n) is 9.44. The largest absolute Gasteiger partial charge is 0.469 e. The Hall–Kier alpha value is -2.20. The van der Waals surface area contributed by atoms with Crippen LogP contribution >= 0.6 is 0 Å². The van der Waals surface area contributed by atoms with Gasteiger partial charge in [-0.1, -0.05) is 61.4 Å². The van der Waals surface area contributed by atoms with Crippen molar-refractivity contribution in [3.63, 3.8) is 0 Å². The molecule has 0 aromatic heterocycles. The fourth-order valence-electron chi connectivity index (χ4n) is 7.64. The fraction of sp³-hybridized carbons (Fsp3) is 0.613. The van der Waals surface area contributed by atoms with Gasteiger partial charge in [0, 0.05) is 17.4 Å². The van der Waals surface area contributed by atoms with Crippen molar-refractivity contribution in [2.24, 2.45) is 28.1 Å². The average molecular weight is 481 g/mol. The second-order valence-electron chi connectivity index (χ2n) is 12.0. The smallest absolute Gasteiger partial charge is 0.314 e. The van der Waals surface area contributed by atoms with Crippen molar-refractivity contribution in [2.75, 3.05) is 7.11 Å². The van der Waals surface area contributed by atoms with E-state index in [1.54, 1.807) is 0 Å². The van der Waals surface area contributed by atoms with E-state index in [0.29, 0.717) is 12.8 Å². The number of aliphatic hydroxyl groups is 1. The van der Waals surface area contributed by atoms with Crippen molar-refractivity contribution in [1.82, 2.24) is 0 Å². The molecule has 192 valence electrons. The van der Waals surface area contributed by atoms with E-state index in [-0.39, 0.29) is 34.4 Å². The van der Waals surface area contributed by atoms with Gasteiger partial charge in [0.1, 0.15) is 0 Å². The third-order valence-corrected chi connectivity index (χ3v) is 9.44.